The monoisotopic (exact) mass is 270 g/mol. The van der Waals surface area contributed by atoms with Gasteiger partial charge < -0.3 is 15.0 Å². The number of hydrogen-bond acceptors (Lipinski definition) is 4. The Labute approximate surface area is 117 Å². The Morgan fingerprint density at radius 3 is 2.47 bits per heavy atom. The summed E-state index contributed by atoms with van der Waals surface area (Å²) in [6.45, 7) is 9.24. The highest BCUT2D eigenvalue weighted by atomic mass is 16.5. The fourth-order valence-electron chi connectivity index (χ4n) is 2.46. The molecule has 0 aliphatic heterocycles. The van der Waals surface area contributed by atoms with E-state index in [0.29, 0.717) is 0 Å². The van der Waals surface area contributed by atoms with E-state index >= 15 is 0 Å². The zero-order valence-corrected chi connectivity index (χ0v) is 13.0. The summed E-state index contributed by atoms with van der Waals surface area (Å²) in [7, 11) is 1.47. The Hall–Kier alpha value is -0.610. The number of carbonyl (C=O) groups excluding carboxylic acids is 1. The predicted octanol–water partition coefficient (Wildman–Crippen LogP) is 2.18. The minimum Gasteiger partial charge on any atom is -0.468 e. The maximum atomic E-state index is 12.0. The second-order valence-corrected chi connectivity index (χ2v) is 5.77. The van der Waals surface area contributed by atoms with Crippen LogP contribution in [-0.2, 0) is 9.53 Å². The first-order chi connectivity index (χ1) is 9.07. The molecule has 0 aromatic heterocycles. The van der Waals surface area contributed by atoms with Gasteiger partial charge in [-0.1, -0.05) is 13.8 Å². The second kappa shape index (κ2) is 7.85. The molecule has 112 valence electrons. The number of hydrogen-bond donors (Lipinski definition) is 1. The van der Waals surface area contributed by atoms with Crippen LogP contribution in [0, 0.1) is 0 Å². The lowest BCUT2D eigenvalue weighted by Gasteiger charge is -2.31. The second-order valence-electron chi connectivity index (χ2n) is 5.77. The zero-order valence-electron chi connectivity index (χ0n) is 13.0. The van der Waals surface area contributed by atoms with Gasteiger partial charge in [-0.2, -0.15) is 0 Å². The number of ether oxygens (including phenoxy) is 1. The summed E-state index contributed by atoms with van der Waals surface area (Å²) in [6.07, 6.45) is 5.65. The highest BCUT2D eigenvalue weighted by Gasteiger charge is 2.36. The number of nitrogens with one attached hydrogen (secondary N) is 1. The lowest BCUT2D eigenvalue weighted by Crippen LogP contribution is -2.52. The van der Waals surface area contributed by atoms with Crippen LogP contribution in [0.1, 0.15) is 52.9 Å². The molecule has 0 aromatic rings. The summed E-state index contributed by atoms with van der Waals surface area (Å²) >= 11 is 0. The van der Waals surface area contributed by atoms with Crippen molar-refractivity contribution in [3.05, 3.63) is 0 Å². The van der Waals surface area contributed by atoms with E-state index < -0.39 is 5.54 Å². The molecule has 1 N–H and O–H groups in total. The minimum atomic E-state index is -0.550. The number of esters is 1. The Bertz CT molecular complexity index is 279. The molecule has 0 amide bonds. The van der Waals surface area contributed by atoms with Crippen molar-refractivity contribution in [2.45, 2.75) is 64.5 Å². The van der Waals surface area contributed by atoms with Gasteiger partial charge in [0.25, 0.3) is 0 Å². The molecule has 1 atom stereocenters. The van der Waals surface area contributed by atoms with Crippen molar-refractivity contribution < 1.29 is 9.53 Å². The van der Waals surface area contributed by atoms with Crippen molar-refractivity contribution in [2.75, 3.05) is 26.7 Å². The molecule has 0 bridgehead atoms. The van der Waals surface area contributed by atoms with Crippen molar-refractivity contribution >= 4 is 5.97 Å². The van der Waals surface area contributed by atoms with Gasteiger partial charge in [-0.25, -0.2) is 0 Å². The van der Waals surface area contributed by atoms with Crippen molar-refractivity contribution in [2.24, 2.45) is 0 Å². The fraction of sp³-hybridized carbons (Fsp3) is 0.933. The molecule has 1 rings (SSSR count). The molecule has 0 heterocycles. The van der Waals surface area contributed by atoms with Crippen LogP contribution in [0.3, 0.4) is 0 Å². The summed E-state index contributed by atoms with van der Waals surface area (Å²) in [5.74, 6) is -0.145. The van der Waals surface area contributed by atoms with Crippen LogP contribution in [0.4, 0.5) is 0 Å². The van der Waals surface area contributed by atoms with Gasteiger partial charge in [-0.3, -0.25) is 4.79 Å². The third kappa shape index (κ3) is 5.11. The van der Waals surface area contributed by atoms with Crippen molar-refractivity contribution in [1.29, 1.82) is 0 Å². The van der Waals surface area contributed by atoms with Gasteiger partial charge in [0.15, 0.2) is 0 Å². The molecule has 1 fully saturated rings. The van der Waals surface area contributed by atoms with E-state index in [1.165, 1.54) is 26.4 Å². The summed E-state index contributed by atoms with van der Waals surface area (Å²) in [4.78, 5) is 14.5. The molecule has 4 heteroatoms. The minimum absolute atomic E-state index is 0.145. The third-order valence-electron chi connectivity index (χ3n) is 3.87. The largest absolute Gasteiger partial charge is 0.468 e. The van der Waals surface area contributed by atoms with Crippen molar-refractivity contribution in [3.8, 4) is 0 Å². The molecular formula is C15H30N2O2. The average Bonchev–Trinajstić information content (AvgIpc) is 3.24. The van der Waals surface area contributed by atoms with Crippen LogP contribution in [-0.4, -0.2) is 49.2 Å². The van der Waals surface area contributed by atoms with E-state index in [1.807, 2.05) is 6.92 Å². The van der Waals surface area contributed by atoms with Crippen molar-refractivity contribution in [3.63, 3.8) is 0 Å². The van der Waals surface area contributed by atoms with Crippen LogP contribution in [0.2, 0.25) is 0 Å². The maximum absolute atomic E-state index is 12.0. The van der Waals surface area contributed by atoms with Crippen LogP contribution in [0.5, 0.6) is 0 Å². The molecule has 1 unspecified atom stereocenters. The Morgan fingerprint density at radius 2 is 2.00 bits per heavy atom. The molecule has 19 heavy (non-hydrogen) atoms. The van der Waals surface area contributed by atoms with E-state index in [1.54, 1.807) is 0 Å². The topological polar surface area (TPSA) is 41.6 Å². The molecule has 4 nitrogen and oxygen atoms in total. The Kier molecular flexibility index (Phi) is 6.80. The lowest BCUT2D eigenvalue weighted by atomic mass is 9.97. The predicted molar refractivity (Wildman–Crippen MR) is 78.2 cm³/mol. The molecule has 1 aliphatic rings. The maximum Gasteiger partial charge on any atom is 0.325 e. The highest BCUT2D eigenvalue weighted by Crippen LogP contribution is 2.28. The molecule has 0 spiro atoms. The van der Waals surface area contributed by atoms with E-state index in [0.717, 1.165) is 38.5 Å². The van der Waals surface area contributed by atoms with Crippen LogP contribution < -0.4 is 5.32 Å². The molecule has 0 saturated heterocycles. The van der Waals surface area contributed by atoms with E-state index in [-0.39, 0.29) is 5.97 Å². The molecule has 0 radical (unpaired) electrons. The number of carbonyl (C=O) groups is 1. The molecule has 1 aliphatic carbocycles. The molecular weight excluding hydrogens is 240 g/mol. The van der Waals surface area contributed by atoms with Crippen molar-refractivity contribution in [1.82, 2.24) is 10.2 Å². The SMILES string of the molecule is CCCNC(C)(CCN(CCC)C1CC1)C(=O)OC. The smallest absolute Gasteiger partial charge is 0.325 e. The fourth-order valence-corrected chi connectivity index (χ4v) is 2.46. The van der Waals surface area contributed by atoms with Gasteiger partial charge >= 0.3 is 5.97 Å². The average molecular weight is 270 g/mol. The number of nitrogens with zero attached hydrogens (tertiary/aromatic N) is 1. The highest BCUT2D eigenvalue weighted by molar-refractivity contribution is 5.80. The lowest BCUT2D eigenvalue weighted by molar-refractivity contribution is -0.148. The Morgan fingerprint density at radius 1 is 1.32 bits per heavy atom. The van der Waals surface area contributed by atoms with Crippen LogP contribution in [0.25, 0.3) is 0 Å². The molecule has 0 aromatic carbocycles. The molecule has 1 saturated carbocycles. The van der Waals surface area contributed by atoms with Crippen LogP contribution in [0.15, 0.2) is 0 Å². The van der Waals surface area contributed by atoms with Gasteiger partial charge in [0.1, 0.15) is 5.54 Å². The van der Waals surface area contributed by atoms with E-state index in [2.05, 4.69) is 24.1 Å². The number of rotatable bonds is 10. The first-order valence-corrected chi connectivity index (χ1v) is 7.64. The first-order valence-electron chi connectivity index (χ1n) is 7.64. The van der Waals surface area contributed by atoms with Crippen LogP contribution >= 0.6 is 0 Å². The van der Waals surface area contributed by atoms with E-state index in [9.17, 15) is 4.79 Å². The third-order valence-corrected chi connectivity index (χ3v) is 3.87. The zero-order chi connectivity index (χ0) is 14.3. The van der Waals surface area contributed by atoms with Gasteiger partial charge in [0.2, 0.25) is 0 Å². The quantitative estimate of drug-likeness (QED) is 0.618. The summed E-state index contributed by atoms with van der Waals surface area (Å²) in [6, 6.07) is 0.757. The van der Waals surface area contributed by atoms with Gasteiger partial charge in [0, 0.05) is 12.6 Å². The summed E-state index contributed by atoms with van der Waals surface area (Å²) < 4.78 is 4.96. The summed E-state index contributed by atoms with van der Waals surface area (Å²) in [5, 5.41) is 3.35. The normalized spacial score (nSPS) is 18.4. The number of methoxy groups -OCH3 is 1. The summed E-state index contributed by atoms with van der Waals surface area (Å²) in [5.41, 5.74) is -0.550. The van der Waals surface area contributed by atoms with Gasteiger partial charge in [-0.05, 0) is 52.1 Å². The van der Waals surface area contributed by atoms with Gasteiger partial charge in [0.05, 0.1) is 7.11 Å². The standard InChI is InChI=1S/C15H30N2O2/c1-5-10-16-15(3,14(18)19-4)9-12-17(11-6-2)13-7-8-13/h13,16H,5-12H2,1-4H3. The van der Waals surface area contributed by atoms with Gasteiger partial charge in [-0.15, -0.1) is 0 Å². The van der Waals surface area contributed by atoms with E-state index in [4.69, 9.17) is 4.74 Å². The first kappa shape index (κ1) is 16.4. The Balaban J connectivity index is 2.52.